The molecule has 18 heavy (non-hydrogen) atoms. The molecule has 2 N–H and O–H groups in total. The van der Waals surface area contributed by atoms with Gasteiger partial charge in [-0.25, -0.2) is 4.98 Å². The summed E-state index contributed by atoms with van der Waals surface area (Å²) in [4.78, 5) is 4.21. The second kappa shape index (κ2) is 5.83. The Labute approximate surface area is 108 Å². The van der Waals surface area contributed by atoms with Gasteiger partial charge >= 0.3 is 0 Å². The molecule has 0 aliphatic rings. The second-order valence-corrected chi connectivity index (χ2v) is 4.59. The van der Waals surface area contributed by atoms with Crippen LogP contribution in [0.15, 0.2) is 34.9 Å². The first-order valence-corrected chi connectivity index (χ1v) is 6.49. The zero-order valence-electron chi connectivity index (χ0n) is 11.0. The van der Waals surface area contributed by atoms with E-state index in [9.17, 15) is 0 Å². The summed E-state index contributed by atoms with van der Waals surface area (Å²) in [5.41, 5.74) is 7.91. The SMILES string of the molecule is CCC(C)c1ccc(-c2cnc(CCN)o2)cc1. The maximum absolute atomic E-state index is 5.65. The van der Waals surface area contributed by atoms with Crippen molar-refractivity contribution in [2.75, 3.05) is 6.54 Å². The lowest BCUT2D eigenvalue weighted by Crippen LogP contribution is -2.02. The Kier molecular flexibility index (Phi) is 4.15. The minimum atomic E-state index is 0.562. The van der Waals surface area contributed by atoms with Gasteiger partial charge in [-0.1, -0.05) is 38.1 Å². The second-order valence-electron chi connectivity index (χ2n) is 4.59. The maximum atomic E-state index is 5.65. The highest BCUT2D eigenvalue weighted by molar-refractivity contribution is 5.56. The first-order valence-electron chi connectivity index (χ1n) is 6.49. The summed E-state index contributed by atoms with van der Waals surface area (Å²) in [7, 11) is 0. The fourth-order valence-corrected chi connectivity index (χ4v) is 1.89. The number of aromatic nitrogens is 1. The quantitative estimate of drug-likeness (QED) is 0.877. The van der Waals surface area contributed by atoms with Gasteiger partial charge in [-0.2, -0.15) is 0 Å². The lowest BCUT2D eigenvalue weighted by molar-refractivity contribution is 0.508. The molecule has 96 valence electrons. The van der Waals surface area contributed by atoms with E-state index in [0.29, 0.717) is 24.8 Å². The van der Waals surface area contributed by atoms with Crippen LogP contribution in [0.3, 0.4) is 0 Å². The highest BCUT2D eigenvalue weighted by Crippen LogP contribution is 2.24. The van der Waals surface area contributed by atoms with Crippen LogP contribution in [0.2, 0.25) is 0 Å². The van der Waals surface area contributed by atoms with E-state index in [1.807, 2.05) is 0 Å². The Morgan fingerprint density at radius 2 is 2.00 bits per heavy atom. The Morgan fingerprint density at radius 1 is 1.28 bits per heavy atom. The number of hydrogen-bond acceptors (Lipinski definition) is 3. The van der Waals surface area contributed by atoms with E-state index in [0.717, 1.165) is 17.7 Å². The van der Waals surface area contributed by atoms with Crippen LogP contribution >= 0.6 is 0 Å². The highest BCUT2D eigenvalue weighted by atomic mass is 16.4. The largest absolute Gasteiger partial charge is 0.441 e. The first-order chi connectivity index (χ1) is 8.74. The van der Waals surface area contributed by atoms with E-state index >= 15 is 0 Å². The molecule has 1 atom stereocenters. The molecule has 2 rings (SSSR count). The topological polar surface area (TPSA) is 52.0 Å². The molecule has 0 amide bonds. The van der Waals surface area contributed by atoms with Crippen molar-refractivity contribution in [1.82, 2.24) is 4.98 Å². The van der Waals surface area contributed by atoms with Crippen molar-refractivity contribution < 1.29 is 4.42 Å². The van der Waals surface area contributed by atoms with Crippen LogP contribution in [0.4, 0.5) is 0 Å². The molecule has 0 saturated heterocycles. The van der Waals surface area contributed by atoms with Crippen LogP contribution in [0, 0.1) is 0 Å². The zero-order valence-corrected chi connectivity index (χ0v) is 11.0. The fraction of sp³-hybridized carbons (Fsp3) is 0.400. The molecule has 0 fully saturated rings. The molecule has 0 spiro atoms. The summed E-state index contributed by atoms with van der Waals surface area (Å²) in [5.74, 6) is 2.12. The van der Waals surface area contributed by atoms with Gasteiger partial charge in [-0.3, -0.25) is 0 Å². The number of benzene rings is 1. The summed E-state index contributed by atoms with van der Waals surface area (Å²) in [6.45, 7) is 5.00. The molecule has 0 radical (unpaired) electrons. The van der Waals surface area contributed by atoms with Gasteiger partial charge in [0.05, 0.1) is 6.20 Å². The molecule has 0 aliphatic carbocycles. The van der Waals surface area contributed by atoms with E-state index in [-0.39, 0.29) is 0 Å². The van der Waals surface area contributed by atoms with Crippen molar-refractivity contribution in [2.24, 2.45) is 5.73 Å². The summed E-state index contributed by atoms with van der Waals surface area (Å²) >= 11 is 0. The van der Waals surface area contributed by atoms with E-state index < -0.39 is 0 Å². The molecular weight excluding hydrogens is 224 g/mol. The molecule has 1 unspecified atom stereocenters. The van der Waals surface area contributed by atoms with Crippen molar-refractivity contribution in [1.29, 1.82) is 0 Å². The highest BCUT2D eigenvalue weighted by Gasteiger charge is 2.07. The van der Waals surface area contributed by atoms with Crippen molar-refractivity contribution in [3.8, 4) is 11.3 Å². The molecule has 1 aromatic carbocycles. The summed E-state index contributed by atoms with van der Waals surface area (Å²) in [6.07, 6.45) is 3.61. The summed E-state index contributed by atoms with van der Waals surface area (Å²) in [5, 5.41) is 0. The van der Waals surface area contributed by atoms with E-state index in [2.05, 4.69) is 43.1 Å². The molecule has 0 aliphatic heterocycles. The third-order valence-corrected chi connectivity index (χ3v) is 3.29. The van der Waals surface area contributed by atoms with Crippen LogP contribution in [0.25, 0.3) is 11.3 Å². The fourth-order valence-electron chi connectivity index (χ4n) is 1.89. The number of rotatable bonds is 5. The van der Waals surface area contributed by atoms with Crippen LogP contribution < -0.4 is 5.73 Å². The third kappa shape index (κ3) is 2.79. The van der Waals surface area contributed by atoms with Gasteiger partial charge in [0.2, 0.25) is 0 Å². The van der Waals surface area contributed by atoms with Crippen LogP contribution in [0.1, 0.15) is 37.6 Å². The normalized spacial score (nSPS) is 12.6. The lowest BCUT2D eigenvalue weighted by Gasteiger charge is -2.08. The predicted octanol–water partition coefficient (Wildman–Crippen LogP) is 3.36. The molecule has 0 saturated carbocycles. The van der Waals surface area contributed by atoms with Crippen LogP contribution in [-0.4, -0.2) is 11.5 Å². The van der Waals surface area contributed by atoms with Crippen molar-refractivity contribution in [3.05, 3.63) is 41.9 Å². The van der Waals surface area contributed by atoms with Gasteiger partial charge in [-0.05, 0) is 17.9 Å². The van der Waals surface area contributed by atoms with Crippen molar-refractivity contribution in [3.63, 3.8) is 0 Å². The average molecular weight is 244 g/mol. The summed E-state index contributed by atoms with van der Waals surface area (Å²) < 4.78 is 5.65. The predicted molar refractivity (Wildman–Crippen MR) is 73.4 cm³/mol. The third-order valence-electron chi connectivity index (χ3n) is 3.29. The van der Waals surface area contributed by atoms with Gasteiger partial charge in [0.25, 0.3) is 0 Å². The average Bonchev–Trinajstić information content (AvgIpc) is 2.87. The van der Waals surface area contributed by atoms with Crippen LogP contribution in [-0.2, 0) is 6.42 Å². The molecule has 3 nitrogen and oxygen atoms in total. The molecule has 3 heteroatoms. The zero-order chi connectivity index (χ0) is 13.0. The molecule has 0 bridgehead atoms. The number of nitrogens with two attached hydrogens (primary N) is 1. The van der Waals surface area contributed by atoms with Gasteiger partial charge in [-0.15, -0.1) is 0 Å². The molecule has 1 aromatic heterocycles. The number of nitrogens with zero attached hydrogens (tertiary/aromatic N) is 1. The van der Waals surface area contributed by atoms with Gasteiger partial charge in [0.15, 0.2) is 11.7 Å². The van der Waals surface area contributed by atoms with E-state index in [1.54, 1.807) is 6.20 Å². The molecule has 1 heterocycles. The smallest absolute Gasteiger partial charge is 0.196 e. The Balaban J connectivity index is 2.17. The standard InChI is InChI=1S/C15H20N2O/c1-3-11(2)12-4-6-13(7-5-12)14-10-17-15(18-14)8-9-16/h4-7,10-11H,3,8-9,16H2,1-2H3. The maximum Gasteiger partial charge on any atom is 0.196 e. The lowest BCUT2D eigenvalue weighted by atomic mass is 9.97. The summed E-state index contributed by atoms with van der Waals surface area (Å²) in [6, 6.07) is 8.51. The minimum absolute atomic E-state index is 0.562. The van der Waals surface area contributed by atoms with Crippen molar-refractivity contribution in [2.45, 2.75) is 32.6 Å². The molecular formula is C15H20N2O. The first kappa shape index (κ1) is 12.8. The number of hydrogen-bond donors (Lipinski definition) is 1. The Bertz CT molecular complexity index is 487. The Hall–Kier alpha value is -1.61. The minimum Gasteiger partial charge on any atom is -0.441 e. The van der Waals surface area contributed by atoms with E-state index in [4.69, 9.17) is 10.2 Å². The van der Waals surface area contributed by atoms with Crippen LogP contribution in [0.5, 0.6) is 0 Å². The van der Waals surface area contributed by atoms with Gasteiger partial charge < -0.3 is 10.2 Å². The van der Waals surface area contributed by atoms with Gasteiger partial charge in [0.1, 0.15) is 0 Å². The van der Waals surface area contributed by atoms with E-state index in [1.165, 1.54) is 5.56 Å². The number of oxazole rings is 1. The molecule has 2 aromatic rings. The Morgan fingerprint density at radius 3 is 2.61 bits per heavy atom. The van der Waals surface area contributed by atoms with Crippen molar-refractivity contribution >= 4 is 0 Å². The monoisotopic (exact) mass is 244 g/mol. The van der Waals surface area contributed by atoms with Gasteiger partial charge in [0, 0.05) is 18.5 Å².